The Labute approximate surface area is 139 Å². The first kappa shape index (κ1) is 19.8. The van der Waals surface area contributed by atoms with Crippen molar-refractivity contribution in [1.29, 1.82) is 0 Å². The van der Waals surface area contributed by atoms with Gasteiger partial charge in [-0.05, 0) is 31.2 Å². The summed E-state index contributed by atoms with van der Waals surface area (Å²) in [6, 6.07) is 4.08. The van der Waals surface area contributed by atoms with Crippen LogP contribution in [0.2, 0.25) is 0 Å². The number of ether oxygens (including phenoxy) is 1. The molecule has 1 atom stereocenters. The van der Waals surface area contributed by atoms with Gasteiger partial charge in [-0.25, -0.2) is 22.3 Å². The van der Waals surface area contributed by atoms with Crippen LogP contribution < -0.4 is 14.8 Å². The van der Waals surface area contributed by atoms with Crippen molar-refractivity contribution < 1.29 is 32.2 Å². The van der Waals surface area contributed by atoms with Crippen LogP contribution in [0.1, 0.15) is 13.3 Å². The summed E-state index contributed by atoms with van der Waals surface area (Å²) in [7, 11) is -3.81. The van der Waals surface area contributed by atoms with E-state index in [0.717, 1.165) is 0 Å². The minimum atomic E-state index is -3.81. The number of rotatable bonds is 10. The molecular weight excluding hydrogens is 343 g/mol. The molecule has 0 aliphatic heterocycles. The number of hydrogen-bond acceptors (Lipinski definition) is 5. The fourth-order valence-electron chi connectivity index (χ4n) is 1.70. The molecule has 0 spiro atoms. The normalized spacial score (nSPS) is 12.4. The SMILES string of the molecule is CCOc1ccc(S(=O)(=O)NCCC(=O)NC(CF)C(=O)O)cc1. The van der Waals surface area contributed by atoms with E-state index in [1.165, 1.54) is 24.3 Å². The number of carboxylic acids is 1. The summed E-state index contributed by atoms with van der Waals surface area (Å²) in [6.45, 7) is 0.754. The molecule has 24 heavy (non-hydrogen) atoms. The standard InChI is InChI=1S/C14H19FN2O6S/c1-2-23-10-3-5-11(6-4-10)24(21,22)16-8-7-13(18)17-12(9-15)14(19)20/h3-6,12,16H,2,7-9H2,1H3,(H,17,18)(H,19,20). The van der Waals surface area contributed by atoms with Crippen LogP contribution in [-0.4, -0.2) is 51.3 Å². The van der Waals surface area contributed by atoms with Crippen molar-refractivity contribution in [3.8, 4) is 5.75 Å². The van der Waals surface area contributed by atoms with Gasteiger partial charge in [0.2, 0.25) is 15.9 Å². The highest BCUT2D eigenvalue weighted by Gasteiger charge is 2.20. The molecule has 0 fully saturated rings. The van der Waals surface area contributed by atoms with E-state index >= 15 is 0 Å². The lowest BCUT2D eigenvalue weighted by atomic mass is 10.3. The summed E-state index contributed by atoms with van der Waals surface area (Å²) in [4.78, 5) is 22.0. The van der Waals surface area contributed by atoms with Crippen molar-refractivity contribution in [2.45, 2.75) is 24.3 Å². The molecule has 0 aromatic heterocycles. The van der Waals surface area contributed by atoms with Crippen molar-refractivity contribution in [1.82, 2.24) is 10.0 Å². The zero-order valence-corrected chi connectivity index (χ0v) is 13.8. The number of nitrogens with one attached hydrogen (secondary N) is 2. The van der Waals surface area contributed by atoms with Crippen LogP contribution in [0.15, 0.2) is 29.2 Å². The van der Waals surface area contributed by atoms with Crippen LogP contribution in [0, 0.1) is 0 Å². The Morgan fingerprint density at radius 3 is 2.42 bits per heavy atom. The van der Waals surface area contributed by atoms with Gasteiger partial charge < -0.3 is 15.2 Å². The molecule has 134 valence electrons. The fraction of sp³-hybridized carbons (Fsp3) is 0.429. The van der Waals surface area contributed by atoms with Crippen LogP contribution >= 0.6 is 0 Å². The number of halogens is 1. The quantitative estimate of drug-likeness (QED) is 0.550. The average Bonchev–Trinajstić information content (AvgIpc) is 2.53. The van der Waals surface area contributed by atoms with E-state index in [2.05, 4.69) is 4.72 Å². The highest BCUT2D eigenvalue weighted by atomic mass is 32.2. The molecule has 1 amide bonds. The van der Waals surface area contributed by atoms with Crippen molar-refractivity contribution in [3.63, 3.8) is 0 Å². The molecule has 3 N–H and O–H groups in total. The number of carbonyl (C=O) groups is 2. The van der Waals surface area contributed by atoms with Gasteiger partial charge in [0.1, 0.15) is 12.4 Å². The Kier molecular flexibility index (Phi) is 7.59. The predicted molar refractivity (Wildman–Crippen MR) is 83.0 cm³/mol. The Hall–Kier alpha value is -2.20. The molecule has 1 unspecified atom stereocenters. The van der Waals surface area contributed by atoms with Gasteiger partial charge in [0.25, 0.3) is 0 Å². The van der Waals surface area contributed by atoms with Gasteiger partial charge in [0.15, 0.2) is 6.04 Å². The third-order valence-electron chi connectivity index (χ3n) is 2.88. The van der Waals surface area contributed by atoms with Gasteiger partial charge in [0.05, 0.1) is 11.5 Å². The largest absolute Gasteiger partial charge is 0.494 e. The third-order valence-corrected chi connectivity index (χ3v) is 4.35. The second kappa shape index (κ2) is 9.18. The maximum atomic E-state index is 12.4. The van der Waals surface area contributed by atoms with Crippen molar-refractivity contribution in [2.24, 2.45) is 0 Å². The van der Waals surface area contributed by atoms with Crippen molar-refractivity contribution >= 4 is 21.9 Å². The fourth-order valence-corrected chi connectivity index (χ4v) is 2.73. The van der Waals surface area contributed by atoms with Crippen LogP contribution in [0.4, 0.5) is 4.39 Å². The Balaban J connectivity index is 2.53. The number of amides is 1. The van der Waals surface area contributed by atoms with Crippen molar-refractivity contribution in [3.05, 3.63) is 24.3 Å². The highest BCUT2D eigenvalue weighted by Crippen LogP contribution is 2.15. The zero-order chi connectivity index (χ0) is 18.2. The average molecular weight is 362 g/mol. The van der Waals surface area contributed by atoms with E-state index in [9.17, 15) is 22.4 Å². The maximum absolute atomic E-state index is 12.4. The first-order chi connectivity index (χ1) is 11.3. The minimum Gasteiger partial charge on any atom is -0.494 e. The van der Waals surface area contributed by atoms with Gasteiger partial charge >= 0.3 is 5.97 Å². The van der Waals surface area contributed by atoms with Crippen LogP contribution in [0.3, 0.4) is 0 Å². The maximum Gasteiger partial charge on any atom is 0.328 e. The predicted octanol–water partition coefficient (Wildman–Crippen LogP) is 0.293. The molecule has 0 aliphatic rings. The molecule has 1 aromatic rings. The summed E-state index contributed by atoms with van der Waals surface area (Å²) in [6.07, 6.45) is -0.319. The molecule has 0 saturated carbocycles. The second-order valence-corrected chi connectivity index (χ2v) is 6.43. The smallest absolute Gasteiger partial charge is 0.328 e. The molecular formula is C14H19FN2O6S. The zero-order valence-electron chi connectivity index (χ0n) is 13.0. The van der Waals surface area contributed by atoms with Crippen LogP contribution in [-0.2, 0) is 19.6 Å². The second-order valence-electron chi connectivity index (χ2n) is 4.66. The monoisotopic (exact) mass is 362 g/mol. The number of hydrogen-bond donors (Lipinski definition) is 3. The number of sulfonamides is 1. The molecule has 0 radical (unpaired) electrons. The number of aliphatic carboxylic acids is 1. The highest BCUT2D eigenvalue weighted by molar-refractivity contribution is 7.89. The molecule has 0 heterocycles. The molecule has 1 aromatic carbocycles. The molecule has 1 rings (SSSR count). The lowest BCUT2D eigenvalue weighted by Gasteiger charge is -2.11. The Morgan fingerprint density at radius 1 is 1.29 bits per heavy atom. The number of benzene rings is 1. The van der Waals surface area contributed by atoms with Gasteiger partial charge in [-0.2, -0.15) is 0 Å². The van der Waals surface area contributed by atoms with Gasteiger partial charge in [-0.15, -0.1) is 0 Å². The summed E-state index contributed by atoms with van der Waals surface area (Å²) < 4.78 is 43.8. The molecule has 8 nitrogen and oxygen atoms in total. The summed E-state index contributed by atoms with van der Waals surface area (Å²) >= 11 is 0. The van der Waals surface area contributed by atoms with E-state index in [1.807, 2.05) is 5.32 Å². The van der Waals surface area contributed by atoms with Gasteiger partial charge in [-0.1, -0.05) is 0 Å². The van der Waals surface area contributed by atoms with E-state index in [4.69, 9.17) is 9.84 Å². The summed E-state index contributed by atoms with van der Waals surface area (Å²) in [5, 5.41) is 10.6. The summed E-state index contributed by atoms with van der Waals surface area (Å²) in [5.41, 5.74) is 0. The molecule has 0 bridgehead atoms. The number of carboxylic acid groups (broad SMARTS) is 1. The van der Waals surface area contributed by atoms with Gasteiger partial charge in [-0.3, -0.25) is 4.79 Å². The van der Waals surface area contributed by atoms with Gasteiger partial charge in [0, 0.05) is 13.0 Å². The van der Waals surface area contributed by atoms with Crippen molar-refractivity contribution in [2.75, 3.05) is 19.8 Å². The molecule has 10 heteroatoms. The lowest BCUT2D eigenvalue weighted by Crippen LogP contribution is -2.43. The topological polar surface area (TPSA) is 122 Å². The van der Waals surface area contributed by atoms with E-state index in [0.29, 0.717) is 12.4 Å². The first-order valence-corrected chi connectivity index (χ1v) is 8.59. The first-order valence-electron chi connectivity index (χ1n) is 7.10. The van der Waals surface area contributed by atoms with E-state index in [-0.39, 0.29) is 17.9 Å². The lowest BCUT2D eigenvalue weighted by molar-refractivity contribution is -0.142. The molecule has 0 aliphatic carbocycles. The third kappa shape index (κ3) is 6.13. The Bertz CT molecular complexity index is 662. The molecule has 0 saturated heterocycles. The minimum absolute atomic E-state index is 0.00136. The number of carbonyl (C=O) groups excluding carboxylic acids is 1. The summed E-state index contributed by atoms with van der Waals surface area (Å²) in [5.74, 6) is -1.74. The van der Waals surface area contributed by atoms with E-state index in [1.54, 1.807) is 6.92 Å². The Morgan fingerprint density at radius 2 is 1.92 bits per heavy atom. The number of alkyl halides is 1. The van der Waals surface area contributed by atoms with E-state index < -0.39 is 34.6 Å². The van der Waals surface area contributed by atoms with Crippen LogP contribution in [0.5, 0.6) is 5.75 Å². The van der Waals surface area contributed by atoms with Crippen LogP contribution in [0.25, 0.3) is 0 Å².